The summed E-state index contributed by atoms with van der Waals surface area (Å²) in [5.41, 5.74) is 0. The average molecular weight is 413 g/mol. The predicted molar refractivity (Wildman–Crippen MR) is 103 cm³/mol. The van der Waals surface area contributed by atoms with Crippen LogP contribution < -0.4 is 14.8 Å². The van der Waals surface area contributed by atoms with Crippen LogP contribution >= 0.6 is 0 Å². The first-order valence-electron chi connectivity index (χ1n) is 9.53. The molecule has 0 bridgehead atoms. The minimum Gasteiger partial charge on any atom is -0.493 e. The van der Waals surface area contributed by atoms with Crippen LogP contribution in [0.4, 0.5) is 0 Å². The first-order valence-corrected chi connectivity index (χ1v) is 11.0. The summed E-state index contributed by atoms with van der Waals surface area (Å²) >= 11 is 0. The van der Waals surface area contributed by atoms with Crippen molar-refractivity contribution in [2.24, 2.45) is 11.8 Å². The van der Waals surface area contributed by atoms with Gasteiger partial charge in [-0.05, 0) is 31.4 Å². The van der Waals surface area contributed by atoms with Gasteiger partial charge in [-0.1, -0.05) is 0 Å². The molecular formula is C19H28N2O6S. The van der Waals surface area contributed by atoms with Gasteiger partial charge in [0.15, 0.2) is 11.5 Å². The number of ether oxygens (including phenoxy) is 3. The highest BCUT2D eigenvalue weighted by molar-refractivity contribution is 7.89. The maximum atomic E-state index is 12.9. The Labute approximate surface area is 166 Å². The number of carbonyl (C=O) groups excluding carboxylic acids is 1. The Morgan fingerprint density at radius 2 is 1.89 bits per heavy atom. The third-order valence-corrected chi connectivity index (χ3v) is 7.30. The van der Waals surface area contributed by atoms with Gasteiger partial charge in [0.05, 0.1) is 25.7 Å². The molecule has 0 saturated carbocycles. The first kappa shape index (κ1) is 20.9. The van der Waals surface area contributed by atoms with Crippen LogP contribution in [0.25, 0.3) is 0 Å². The fourth-order valence-corrected chi connectivity index (χ4v) is 5.10. The lowest BCUT2D eigenvalue weighted by atomic mass is 9.97. The second kappa shape index (κ2) is 9.11. The number of nitrogens with zero attached hydrogens (tertiary/aromatic N) is 1. The molecule has 0 aromatic heterocycles. The van der Waals surface area contributed by atoms with E-state index in [-0.39, 0.29) is 16.7 Å². The molecule has 1 unspecified atom stereocenters. The molecule has 2 aliphatic heterocycles. The highest BCUT2D eigenvalue weighted by atomic mass is 32.2. The van der Waals surface area contributed by atoms with Gasteiger partial charge in [-0.2, -0.15) is 4.31 Å². The highest BCUT2D eigenvalue weighted by Gasteiger charge is 2.32. The lowest BCUT2D eigenvalue weighted by Gasteiger charge is -2.30. The lowest BCUT2D eigenvalue weighted by Crippen LogP contribution is -2.43. The van der Waals surface area contributed by atoms with Gasteiger partial charge >= 0.3 is 0 Å². The van der Waals surface area contributed by atoms with Crippen LogP contribution in [0, 0.1) is 11.8 Å². The van der Waals surface area contributed by atoms with Crippen molar-refractivity contribution in [1.29, 1.82) is 0 Å². The van der Waals surface area contributed by atoms with Crippen LogP contribution in [-0.4, -0.2) is 65.7 Å². The Balaban J connectivity index is 1.58. The third-order valence-electron chi connectivity index (χ3n) is 5.41. The van der Waals surface area contributed by atoms with Crippen molar-refractivity contribution in [3.05, 3.63) is 18.2 Å². The van der Waals surface area contributed by atoms with Crippen molar-refractivity contribution in [1.82, 2.24) is 9.62 Å². The number of amides is 1. The summed E-state index contributed by atoms with van der Waals surface area (Å²) in [5.74, 6) is 1.09. The first-order chi connectivity index (χ1) is 13.5. The molecule has 3 rings (SSSR count). The van der Waals surface area contributed by atoms with Crippen LogP contribution in [0.15, 0.2) is 23.1 Å². The summed E-state index contributed by atoms with van der Waals surface area (Å²) in [7, 11) is -0.675. The molecule has 1 amide bonds. The van der Waals surface area contributed by atoms with E-state index in [1.54, 1.807) is 6.07 Å². The van der Waals surface area contributed by atoms with Crippen LogP contribution in [-0.2, 0) is 19.6 Å². The molecule has 2 heterocycles. The van der Waals surface area contributed by atoms with Gasteiger partial charge in [0.25, 0.3) is 0 Å². The summed E-state index contributed by atoms with van der Waals surface area (Å²) in [4.78, 5) is 12.5. The number of rotatable bonds is 7. The summed E-state index contributed by atoms with van der Waals surface area (Å²) < 4.78 is 43.0. The minimum absolute atomic E-state index is 0.00932. The molecule has 1 atom stereocenters. The topological polar surface area (TPSA) is 94.2 Å². The Morgan fingerprint density at radius 1 is 1.18 bits per heavy atom. The largest absolute Gasteiger partial charge is 0.493 e. The van der Waals surface area contributed by atoms with Crippen LogP contribution in [0.1, 0.15) is 19.3 Å². The molecule has 0 radical (unpaired) electrons. The summed E-state index contributed by atoms with van der Waals surface area (Å²) in [6, 6.07) is 4.56. The number of sulfonamides is 1. The molecule has 156 valence electrons. The Hall–Kier alpha value is -1.84. The SMILES string of the molecule is COc1ccc(S(=O)(=O)N2CCC(C(=O)NCC3CCOC3)CC2)cc1OC. The summed E-state index contributed by atoms with van der Waals surface area (Å²) in [6.07, 6.45) is 2.00. The molecule has 1 N–H and O–H groups in total. The van der Waals surface area contributed by atoms with E-state index < -0.39 is 10.0 Å². The average Bonchev–Trinajstić information content (AvgIpc) is 3.25. The lowest BCUT2D eigenvalue weighted by molar-refractivity contribution is -0.126. The van der Waals surface area contributed by atoms with E-state index in [1.165, 1.54) is 30.7 Å². The fraction of sp³-hybridized carbons (Fsp3) is 0.632. The minimum atomic E-state index is -3.64. The van der Waals surface area contributed by atoms with Crippen LogP contribution in [0.3, 0.4) is 0 Å². The Bertz CT molecular complexity index is 784. The molecule has 28 heavy (non-hydrogen) atoms. The number of carbonyl (C=O) groups is 1. The number of nitrogens with one attached hydrogen (secondary N) is 1. The zero-order valence-corrected chi connectivity index (χ0v) is 17.2. The molecule has 8 nitrogen and oxygen atoms in total. The van der Waals surface area contributed by atoms with Crippen molar-refractivity contribution in [3.8, 4) is 11.5 Å². The summed E-state index contributed by atoms with van der Waals surface area (Å²) in [5, 5.41) is 2.99. The fourth-order valence-electron chi connectivity index (χ4n) is 3.62. The Morgan fingerprint density at radius 3 is 2.50 bits per heavy atom. The molecule has 0 spiro atoms. The van der Waals surface area contributed by atoms with Gasteiger partial charge in [-0.15, -0.1) is 0 Å². The smallest absolute Gasteiger partial charge is 0.243 e. The maximum absolute atomic E-state index is 12.9. The van der Waals surface area contributed by atoms with E-state index in [0.717, 1.165) is 13.0 Å². The zero-order valence-electron chi connectivity index (χ0n) is 16.3. The number of hydrogen-bond donors (Lipinski definition) is 1. The number of piperidine rings is 1. The molecule has 2 aliphatic rings. The number of methoxy groups -OCH3 is 2. The molecule has 2 fully saturated rings. The summed E-state index contributed by atoms with van der Waals surface area (Å²) in [6.45, 7) is 2.72. The van der Waals surface area contributed by atoms with Crippen LogP contribution in [0.5, 0.6) is 11.5 Å². The monoisotopic (exact) mass is 412 g/mol. The highest BCUT2D eigenvalue weighted by Crippen LogP contribution is 2.32. The second-order valence-corrected chi connectivity index (χ2v) is 9.11. The molecule has 0 aliphatic carbocycles. The quantitative estimate of drug-likeness (QED) is 0.725. The number of benzene rings is 1. The van der Waals surface area contributed by atoms with Crippen molar-refractivity contribution >= 4 is 15.9 Å². The van der Waals surface area contributed by atoms with Crippen molar-refractivity contribution in [2.45, 2.75) is 24.2 Å². The molecule has 1 aromatic carbocycles. The van der Waals surface area contributed by atoms with Gasteiger partial charge in [0, 0.05) is 44.1 Å². The van der Waals surface area contributed by atoms with Crippen LogP contribution in [0.2, 0.25) is 0 Å². The van der Waals surface area contributed by atoms with Gasteiger partial charge in [-0.25, -0.2) is 8.42 Å². The standard InChI is InChI=1S/C19H28N2O6S/c1-25-17-4-3-16(11-18(17)26-2)28(23,24)21-8-5-15(6-9-21)19(22)20-12-14-7-10-27-13-14/h3-4,11,14-15H,5-10,12-13H2,1-2H3,(H,20,22). The third kappa shape index (κ3) is 4.59. The van der Waals surface area contributed by atoms with Gasteiger partial charge in [0.2, 0.25) is 15.9 Å². The van der Waals surface area contributed by atoms with E-state index >= 15 is 0 Å². The second-order valence-electron chi connectivity index (χ2n) is 7.17. The van der Waals surface area contributed by atoms with Crippen molar-refractivity contribution < 1.29 is 27.4 Å². The van der Waals surface area contributed by atoms with E-state index in [9.17, 15) is 13.2 Å². The van der Waals surface area contributed by atoms with E-state index in [0.29, 0.717) is 56.5 Å². The van der Waals surface area contributed by atoms with E-state index in [2.05, 4.69) is 5.32 Å². The van der Waals surface area contributed by atoms with Crippen molar-refractivity contribution in [3.63, 3.8) is 0 Å². The molecule has 2 saturated heterocycles. The van der Waals surface area contributed by atoms with E-state index in [4.69, 9.17) is 14.2 Å². The van der Waals surface area contributed by atoms with E-state index in [1.807, 2.05) is 0 Å². The van der Waals surface area contributed by atoms with Gasteiger partial charge < -0.3 is 19.5 Å². The normalized spacial score (nSPS) is 21.4. The molecule has 9 heteroatoms. The van der Waals surface area contributed by atoms with Crippen molar-refractivity contribution in [2.75, 3.05) is 47.1 Å². The maximum Gasteiger partial charge on any atom is 0.243 e. The van der Waals surface area contributed by atoms with Gasteiger partial charge in [-0.3, -0.25) is 4.79 Å². The molecule has 1 aromatic rings. The number of hydrogen-bond acceptors (Lipinski definition) is 6. The molecular weight excluding hydrogens is 384 g/mol. The predicted octanol–water partition coefficient (Wildman–Crippen LogP) is 1.26. The Kier molecular flexibility index (Phi) is 6.79. The zero-order chi connectivity index (χ0) is 20.1. The van der Waals surface area contributed by atoms with Gasteiger partial charge in [0.1, 0.15) is 0 Å².